The second-order valence-electron chi connectivity index (χ2n) is 24.5. The number of phosphoric ester groups is 1. The van der Waals surface area contributed by atoms with Gasteiger partial charge in [-0.15, -0.1) is 0 Å². The van der Waals surface area contributed by atoms with Gasteiger partial charge in [0.1, 0.15) is 19.8 Å². The molecule has 0 aliphatic carbocycles. The number of phosphoric acid groups is 1. The van der Waals surface area contributed by atoms with Crippen LogP contribution in [0.5, 0.6) is 0 Å². The first-order valence-electron chi connectivity index (χ1n) is 34.6. The van der Waals surface area contributed by atoms with E-state index in [2.05, 4.69) is 80.7 Å². The average Bonchev–Trinajstić information content (AvgIpc) is 3.46. The zero-order valence-electron chi connectivity index (χ0n) is 54.4. The molecule has 0 N–H and O–H groups in total. The summed E-state index contributed by atoms with van der Waals surface area (Å²) in [6.45, 7) is 4.09. The fraction of sp³-hybridized carbons (Fsp3) is 0.806. The first kappa shape index (κ1) is 79.5. The molecule has 0 heterocycles. The molecule has 0 amide bonds. The number of rotatable bonds is 64. The lowest BCUT2D eigenvalue weighted by molar-refractivity contribution is -0.870. The highest BCUT2D eigenvalue weighted by atomic mass is 31.2. The number of hydrogen-bond acceptors (Lipinski definition) is 8. The van der Waals surface area contributed by atoms with Crippen LogP contribution in [0.1, 0.15) is 322 Å². The molecular weight excluding hydrogens is 1040 g/mol. The Morgan fingerprint density at radius 3 is 1.09 bits per heavy atom. The topological polar surface area (TPSA) is 111 Å². The predicted octanol–water partition coefficient (Wildman–Crippen LogP) is 21.8. The summed E-state index contributed by atoms with van der Waals surface area (Å²) in [7, 11) is 1.13. The number of carbonyl (C=O) groups is 2. The zero-order valence-corrected chi connectivity index (χ0v) is 55.3. The van der Waals surface area contributed by atoms with E-state index >= 15 is 0 Å². The molecule has 0 aliphatic heterocycles. The van der Waals surface area contributed by atoms with Gasteiger partial charge in [-0.05, 0) is 77.0 Å². The van der Waals surface area contributed by atoms with Crippen LogP contribution in [0.3, 0.4) is 0 Å². The molecule has 2 unspecified atom stereocenters. The van der Waals surface area contributed by atoms with Gasteiger partial charge < -0.3 is 27.9 Å². The molecule has 9 nitrogen and oxygen atoms in total. The molecule has 0 aromatic carbocycles. The number of ether oxygens (including phenoxy) is 2. The van der Waals surface area contributed by atoms with Crippen LogP contribution >= 0.6 is 7.82 Å². The quantitative estimate of drug-likeness (QED) is 0.0195. The van der Waals surface area contributed by atoms with Crippen LogP contribution in [0.15, 0.2) is 72.9 Å². The molecule has 478 valence electrons. The van der Waals surface area contributed by atoms with Crippen LogP contribution in [0.4, 0.5) is 0 Å². The lowest BCUT2D eigenvalue weighted by Gasteiger charge is -2.28. The molecule has 10 heteroatoms. The minimum absolute atomic E-state index is 0.0429. The van der Waals surface area contributed by atoms with Gasteiger partial charge in [-0.25, -0.2) is 0 Å². The summed E-state index contributed by atoms with van der Waals surface area (Å²) in [5.74, 6) is -0.894. The average molecular weight is 1170 g/mol. The molecule has 0 rings (SSSR count). The van der Waals surface area contributed by atoms with Crippen molar-refractivity contribution in [2.75, 3.05) is 47.5 Å². The number of hydrogen-bond donors (Lipinski definition) is 0. The van der Waals surface area contributed by atoms with E-state index in [9.17, 15) is 19.0 Å². The standard InChI is InChI=1S/C72H132NO8P/c1-6-8-10-12-14-16-18-20-22-24-25-26-27-28-29-30-31-32-33-34-35-36-37-38-39-40-41-42-43-44-45-46-47-49-50-52-54-56-58-60-62-64-71(74)78-68-70(69-80-82(76,77)79-67-66-73(3,4)5)81-72(75)65-63-61-59-57-55-53-51-48-23-21-19-17-15-13-11-9-7-2/h9,11,15,17,21,23-25,51,53,57,59,70H,6-8,10,12-14,16,18-20,22,26-50,52,54-56,58,60-69H2,1-5H3/b11-9-,17-15-,23-21-,25-24-,53-51-,59-57-. The maximum absolute atomic E-state index is 12.8. The predicted molar refractivity (Wildman–Crippen MR) is 351 cm³/mol. The number of unbranched alkanes of at least 4 members (excludes halogenated alkanes) is 38. The molecule has 0 aromatic heterocycles. The van der Waals surface area contributed by atoms with Gasteiger partial charge in [0.2, 0.25) is 0 Å². The molecular formula is C72H132NO8P. The van der Waals surface area contributed by atoms with Crippen molar-refractivity contribution in [2.24, 2.45) is 0 Å². The van der Waals surface area contributed by atoms with Gasteiger partial charge in [-0.2, -0.15) is 0 Å². The summed E-state index contributed by atoms with van der Waals surface area (Å²) in [5, 5.41) is 0. The smallest absolute Gasteiger partial charge is 0.306 e. The Labute approximate surface area is 508 Å². The summed E-state index contributed by atoms with van der Waals surface area (Å²) in [6, 6.07) is 0. The molecule has 0 saturated heterocycles. The highest BCUT2D eigenvalue weighted by Crippen LogP contribution is 2.38. The van der Waals surface area contributed by atoms with E-state index in [1.165, 1.54) is 231 Å². The Hall–Kier alpha value is -2.55. The molecule has 0 bridgehead atoms. The Kier molecular flexibility index (Phi) is 61.0. The van der Waals surface area contributed by atoms with Gasteiger partial charge in [-0.1, -0.05) is 305 Å². The molecule has 2 atom stereocenters. The third kappa shape index (κ3) is 66.6. The second kappa shape index (κ2) is 63.0. The minimum Gasteiger partial charge on any atom is -0.756 e. The molecule has 0 aromatic rings. The number of quaternary nitrogens is 1. The van der Waals surface area contributed by atoms with Crippen molar-refractivity contribution in [3.8, 4) is 0 Å². The summed E-state index contributed by atoms with van der Waals surface area (Å²) >= 11 is 0. The van der Waals surface area contributed by atoms with Crippen LogP contribution in [-0.2, 0) is 32.7 Å². The van der Waals surface area contributed by atoms with E-state index in [1.807, 2.05) is 27.2 Å². The van der Waals surface area contributed by atoms with E-state index in [4.69, 9.17) is 18.5 Å². The molecule has 82 heavy (non-hydrogen) atoms. The number of allylic oxidation sites excluding steroid dienone is 12. The first-order valence-corrected chi connectivity index (χ1v) is 36.1. The summed E-state index contributed by atoms with van der Waals surface area (Å²) < 4.78 is 34.1. The van der Waals surface area contributed by atoms with Crippen molar-refractivity contribution in [3.63, 3.8) is 0 Å². The van der Waals surface area contributed by atoms with E-state index in [-0.39, 0.29) is 26.1 Å². The van der Waals surface area contributed by atoms with Crippen molar-refractivity contribution in [1.82, 2.24) is 0 Å². The van der Waals surface area contributed by atoms with Gasteiger partial charge >= 0.3 is 11.9 Å². The summed E-state index contributed by atoms with van der Waals surface area (Å²) in [6.07, 6.45) is 84.6. The highest BCUT2D eigenvalue weighted by molar-refractivity contribution is 7.45. The number of carbonyl (C=O) groups excluding carboxylic acids is 2. The van der Waals surface area contributed by atoms with Crippen LogP contribution in [0, 0.1) is 0 Å². The third-order valence-electron chi connectivity index (χ3n) is 15.2. The number of likely N-dealkylation sites (N-methyl/N-ethyl adjacent to an activating group) is 1. The molecule has 0 spiro atoms. The fourth-order valence-electron chi connectivity index (χ4n) is 9.93. The maximum atomic E-state index is 12.8. The van der Waals surface area contributed by atoms with Crippen molar-refractivity contribution < 1.29 is 42.1 Å². The Morgan fingerprint density at radius 2 is 0.707 bits per heavy atom. The highest BCUT2D eigenvalue weighted by Gasteiger charge is 2.22. The minimum atomic E-state index is -4.65. The lowest BCUT2D eigenvalue weighted by atomic mass is 10.0. The van der Waals surface area contributed by atoms with Gasteiger partial charge in [0.25, 0.3) is 7.82 Å². The van der Waals surface area contributed by atoms with Crippen LogP contribution in [-0.4, -0.2) is 70.0 Å². The largest absolute Gasteiger partial charge is 0.756 e. The molecule has 0 aliphatic rings. The van der Waals surface area contributed by atoms with Crippen LogP contribution in [0.2, 0.25) is 0 Å². The van der Waals surface area contributed by atoms with Crippen LogP contribution in [0.25, 0.3) is 0 Å². The molecule has 0 saturated carbocycles. The summed E-state index contributed by atoms with van der Waals surface area (Å²) in [5.41, 5.74) is 0. The number of esters is 2. The van der Waals surface area contributed by atoms with Crippen molar-refractivity contribution in [3.05, 3.63) is 72.9 Å². The normalized spacial score (nSPS) is 13.6. The van der Waals surface area contributed by atoms with E-state index < -0.39 is 32.5 Å². The Bertz CT molecular complexity index is 1610. The summed E-state index contributed by atoms with van der Waals surface area (Å²) in [4.78, 5) is 37.9. The van der Waals surface area contributed by atoms with E-state index in [0.29, 0.717) is 23.9 Å². The zero-order chi connectivity index (χ0) is 59.8. The SMILES string of the molecule is CC/C=C\C/C=C\C/C=C\C/C=C\C/C=C\CCCC(=O)OC(COC(=O)CCCCCCCCCCCCCCCCCCCCCCCCCCCCCCC/C=C\CCCCCCCCCC)COP(=O)([O-])OCC[N+](C)(C)C. The van der Waals surface area contributed by atoms with E-state index in [1.54, 1.807) is 0 Å². The molecule has 0 radical (unpaired) electrons. The Morgan fingerprint density at radius 1 is 0.390 bits per heavy atom. The first-order chi connectivity index (χ1) is 40.0. The van der Waals surface area contributed by atoms with E-state index in [0.717, 1.165) is 51.4 Å². The third-order valence-corrected chi connectivity index (χ3v) is 16.2. The van der Waals surface area contributed by atoms with Gasteiger partial charge in [0.15, 0.2) is 6.10 Å². The van der Waals surface area contributed by atoms with Crippen LogP contribution < -0.4 is 4.89 Å². The number of nitrogens with zero attached hydrogens (tertiary/aromatic N) is 1. The lowest BCUT2D eigenvalue weighted by Crippen LogP contribution is -2.37. The van der Waals surface area contributed by atoms with Gasteiger partial charge in [0, 0.05) is 12.8 Å². The second-order valence-corrected chi connectivity index (χ2v) is 25.9. The maximum Gasteiger partial charge on any atom is 0.306 e. The molecule has 0 fully saturated rings. The van der Waals surface area contributed by atoms with Gasteiger partial charge in [-0.3, -0.25) is 14.2 Å². The van der Waals surface area contributed by atoms with Crippen molar-refractivity contribution >= 4 is 19.8 Å². The monoisotopic (exact) mass is 1170 g/mol. The Balaban J connectivity index is 3.89. The van der Waals surface area contributed by atoms with Crippen molar-refractivity contribution in [2.45, 2.75) is 328 Å². The van der Waals surface area contributed by atoms with Gasteiger partial charge in [0.05, 0.1) is 27.7 Å². The van der Waals surface area contributed by atoms with Crippen molar-refractivity contribution in [1.29, 1.82) is 0 Å². The fourth-order valence-corrected chi connectivity index (χ4v) is 10.7.